The monoisotopic (exact) mass is 327 g/mol. The molecule has 0 heterocycles. The first kappa shape index (κ1) is 19.3. The number of nitrogens with one attached hydrogen (secondary N) is 1. The summed E-state index contributed by atoms with van der Waals surface area (Å²) in [4.78, 5) is 0. The highest BCUT2D eigenvalue weighted by molar-refractivity contribution is 5.85. The molecule has 0 aromatic heterocycles. The topological polar surface area (TPSA) is 41.5 Å². The predicted molar refractivity (Wildman–Crippen MR) is 94.2 cm³/mol. The molecule has 0 bridgehead atoms. The first-order valence-corrected chi connectivity index (χ1v) is 8.30. The van der Waals surface area contributed by atoms with Gasteiger partial charge in [0.25, 0.3) is 0 Å². The van der Waals surface area contributed by atoms with E-state index in [2.05, 4.69) is 31.3 Å². The van der Waals surface area contributed by atoms with Gasteiger partial charge in [0.1, 0.15) is 18.5 Å². The molecule has 1 aliphatic rings. The van der Waals surface area contributed by atoms with Gasteiger partial charge in [-0.3, -0.25) is 0 Å². The second kappa shape index (κ2) is 10.1. The van der Waals surface area contributed by atoms with Crippen molar-refractivity contribution in [2.24, 2.45) is 0 Å². The van der Waals surface area contributed by atoms with Crippen molar-refractivity contribution < 1.29 is 9.84 Å². The van der Waals surface area contributed by atoms with E-state index in [1.807, 2.05) is 12.1 Å². The van der Waals surface area contributed by atoms with E-state index in [0.717, 1.165) is 5.75 Å². The van der Waals surface area contributed by atoms with Crippen molar-refractivity contribution in [3.63, 3.8) is 0 Å². The molecule has 126 valence electrons. The van der Waals surface area contributed by atoms with E-state index in [1.165, 1.54) is 37.7 Å². The van der Waals surface area contributed by atoms with Crippen LogP contribution >= 0.6 is 12.4 Å². The second-order valence-corrected chi connectivity index (χ2v) is 6.40. The van der Waals surface area contributed by atoms with E-state index in [4.69, 9.17) is 4.74 Å². The molecule has 0 unspecified atom stereocenters. The lowest BCUT2D eigenvalue weighted by Gasteiger charge is -2.24. The number of aliphatic hydroxyl groups is 1. The lowest BCUT2D eigenvalue weighted by atomic mass is 9.84. The van der Waals surface area contributed by atoms with Gasteiger partial charge >= 0.3 is 0 Å². The summed E-state index contributed by atoms with van der Waals surface area (Å²) in [7, 11) is 0. The Balaban J connectivity index is 0.00000242. The summed E-state index contributed by atoms with van der Waals surface area (Å²) in [5, 5.41) is 13.2. The fourth-order valence-corrected chi connectivity index (χ4v) is 2.98. The lowest BCUT2D eigenvalue weighted by molar-refractivity contribution is 0.104. The van der Waals surface area contributed by atoms with Crippen LogP contribution in [0.4, 0.5) is 0 Å². The third kappa shape index (κ3) is 6.15. The van der Waals surface area contributed by atoms with Crippen molar-refractivity contribution in [1.29, 1.82) is 0 Å². The van der Waals surface area contributed by atoms with E-state index in [9.17, 15) is 5.11 Å². The van der Waals surface area contributed by atoms with Crippen LogP contribution in [0.25, 0.3) is 0 Å². The molecule has 4 heteroatoms. The number of aliphatic hydroxyl groups excluding tert-OH is 1. The van der Waals surface area contributed by atoms with Crippen LogP contribution in [-0.4, -0.2) is 30.4 Å². The Morgan fingerprint density at radius 3 is 2.55 bits per heavy atom. The van der Waals surface area contributed by atoms with Crippen LogP contribution in [0.3, 0.4) is 0 Å². The average molecular weight is 328 g/mol. The van der Waals surface area contributed by atoms with Crippen LogP contribution in [0.1, 0.15) is 57.4 Å². The zero-order valence-corrected chi connectivity index (χ0v) is 14.6. The first-order valence-electron chi connectivity index (χ1n) is 8.30. The van der Waals surface area contributed by atoms with Crippen molar-refractivity contribution in [1.82, 2.24) is 5.32 Å². The fourth-order valence-electron chi connectivity index (χ4n) is 2.98. The molecule has 0 saturated heterocycles. The number of hydrogen-bond donors (Lipinski definition) is 2. The first-order chi connectivity index (χ1) is 10.2. The van der Waals surface area contributed by atoms with E-state index in [1.54, 1.807) is 0 Å². The van der Waals surface area contributed by atoms with Crippen molar-refractivity contribution in [3.8, 4) is 5.75 Å². The summed E-state index contributed by atoms with van der Waals surface area (Å²) in [6.07, 6.45) is 6.06. The van der Waals surface area contributed by atoms with E-state index < -0.39 is 6.10 Å². The van der Waals surface area contributed by atoms with Gasteiger partial charge in [0.05, 0.1) is 0 Å². The van der Waals surface area contributed by atoms with Gasteiger partial charge in [-0.2, -0.15) is 0 Å². The second-order valence-electron chi connectivity index (χ2n) is 6.40. The maximum atomic E-state index is 9.97. The number of halogens is 1. The molecular weight excluding hydrogens is 298 g/mol. The van der Waals surface area contributed by atoms with Gasteiger partial charge < -0.3 is 15.2 Å². The van der Waals surface area contributed by atoms with Crippen molar-refractivity contribution in [2.75, 3.05) is 13.2 Å². The van der Waals surface area contributed by atoms with Crippen molar-refractivity contribution >= 4 is 12.4 Å². The molecule has 1 aromatic carbocycles. The molecule has 1 atom stereocenters. The number of para-hydroxylation sites is 1. The third-order valence-electron chi connectivity index (χ3n) is 4.16. The molecule has 1 aliphatic carbocycles. The Morgan fingerprint density at radius 1 is 1.18 bits per heavy atom. The van der Waals surface area contributed by atoms with Gasteiger partial charge in [-0.1, -0.05) is 51.3 Å². The van der Waals surface area contributed by atoms with Gasteiger partial charge in [0, 0.05) is 12.6 Å². The van der Waals surface area contributed by atoms with Crippen LogP contribution in [0, 0.1) is 0 Å². The molecule has 2 rings (SSSR count). The highest BCUT2D eigenvalue weighted by Crippen LogP contribution is 2.37. The van der Waals surface area contributed by atoms with Gasteiger partial charge in [-0.15, -0.1) is 12.4 Å². The molecule has 0 spiro atoms. The summed E-state index contributed by atoms with van der Waals surface area (Å²) in [5.41, 5.74) is 1.32. The Kier molecular flexibility index (Phi) is 8.84. The molecule has 22 heavy (non-hydrogen) atoms. The Morgan fingerprint density at radius 2 is 1.86 bits per heavy atom. The number of hydrogen-bond acceptors (Lipinski definition) is 3. The summed E-state index contributed by atoms with van der Waals surface area (Å²) in [6.45, 7) is 5.07. The lowest BCUT2D eigenvalue weighted by Crippen LogP contribution is -2.35. The highest BCUT2D eigenvalue weighted by Gasteiger charge is 2.19. The van der Waals surface area contributed by atoms with Crippen molar-refractivity contribution in [2.45, 2.75) is 64.0 Å². The van der Waals surface area contributed by atoms with Crippen LogP contribution in [-0.2, 0) is 0 Å². The minimum absolute atomic E-state index is 0. The van der Waals surface area contributed by atoms with Gasteiger partial charge in [0.2, 0.25) is 0 Å². The Hall–Kier alpha value is -0.770. The van der Waals surface area contributed by atoms with Crippen LogP contribution in [0.5, 0.6) is 5.75 Å². The normalized spacial score (nSPS) is 17.1. The van der Waals surface area contributed by atoms with E-state index in [0.29, 0.717) is 25.1 Å². The van der Waals surface area contributed by atoms with Gasteiger partial charge in [-0.05, 0) is 30.4 Å². The summed E-state index contributed by atoms with van der Waals surface area (Å²) < 4.78 is 5.89. The number of rotatable bonds is 7. The number of benzene rings is 1. The molecule has 1 saturated carbocycles. The SMILES string of the molecule is CC(C)NC[C@@H](O)COc1ccccc1C1CCCCC1.Cl. The quantitative estimate of drug-likeness (QED) is 0.798. The van der Waals surface area contributed by atoms with Crippen LogP contribution < -0.4 is 10.1 Å². The van der Waals surface area contributed by atoms with Gasteiger partial charge in [0.15, 0.2) is 0 Å². The molecule has 1 fully saturated rings. The van der Waals surface area contributed by atoms with Crippen molar-refractivity contribution in [3.05, 3.63) is 29.8 Å². The Bertz CT molecular complexity index is 419. The maximum absolute atomic E-state index is 9.97. The largest absolute Gasteiger partial charge is 0.491 e. The third-order valence-corrected chi connectivity index (χ3v) is 4.16. The van der Waals surface area contributed by atoms with Crippen LogP contribution in [0.2, 0.25) is 0 Å². The van der Waals surface area contributed by atoms with E-state index in [-0.39, 0.29) is 12.4 Å². The maximum Gasteiger partial charge on any atom is 0.122 e. The number of ether oxygens (including phenoxy) is 1. The molecular formula is C18H30ClNO2. The Labute approximate surface area is 140 Å². The summed E-state index contributed by atoms with van der Waals surface area (Å²) >= 11 is 0. The van der Waals surface area contributed by atoms with Gasteiger partial charge in [-0.25, -0.2) is 0 Å². The molecule has 1 aromatic rings. The average Bonchev–Trinajstić information content (AvgIpc) is 2.52. The molecule has 2 N–H and O–H groups in total. The zero-order chi connectivity index (χ0) is 15.1. The standard InChI is InChI=1S/C18H29NO2.ClH/c1-14(2)19-12-16(20)13-21-18-11-7-6-10-17(18)15-8-4-3-5-9-15;/h6-7,10-11,14-16,19-20H,3-5,8-9,12-13H2,1-2H3;1H/t16-;/m1./s1. The smallest absolute Gasteiger partial charge is 0.122 e. The highest BCUT2D eigenvalue weighted by atomic mass is 35.5. The van der Waals surface area contributed by atoms with Crippen LogP contribution in [0.15, 0.2) is 24.3 Å². The minimum Gasteiger partial charge on any atom is -0.491 e. The summed E-state index contributed by atoms with van der Waals surface area (Å²) in [6, 6.07) is 8.71. The van der Waals surface area contributed by atoms with E-state index >= 15 is 0 Å². The molecule has 0 radical (unpaired) electrons. The zero-order valence-electron chi connectivity index (χ0n) is 13.8. The molecule has 0 aliphatic heterocycles. The fraction of sp³-hybridized carbons (Fsp3) is 0.667. The predicted octanol–water partition coefficient (Wildman–Crippen LogP) is 3.89. The minimum atomic E-state index is -0.466. The molecule has 3 nitrogen and oxygen atoms in total. The summed E-state index contributed by atoms with van der Waals surface area (Å²) in [5.74, 6) is 1.58. The molecule has 0 amide bonds.